The Labute approximate surface area is 169 Å². The van der Waals surface area contributed by atoms with Crippen LogP contribution in [0.4, 0.5) is 23.7 Å². The molecule has 1 aromatic rings. The molecule has 1 aliphatic heterocycles. The van der Waals surface area contributed by atoms with Crippen LogP contribution >= 0.6 is 11.6 Å². The van der Waals surface area contributed by atoms with Crippen molar-refractivity contribution < 1.29 is 27.5 Å². The molecule has 0 radical (unpaired) electrons. The molecular weight excluding hydrogens is 415 g/mol. The SMILES string of the molecule is CC(C)(C)OC(=O)N1CC(N=[N+]=[N-])C[C@H]1C(=O)Nc1ccc(Cl)c(C(F)(F)F)c1. The highest BCUT2D eigenvalue weighted by Crippen LogP contribution is 2.36. The zero-order valence-corrected chi connectivity index (χ0v) is 16.6. The molecule has 0 aliphatic carbocycles. The first-order valence-electron chi connectivity index (χ1n) is 8.53. The molecule has 158 valence electrons. The Bertz CT molecular complexity index is 850. The predicted molar refractivity (Wildman–Crippen MR) is 99.4 cm³/mol. The maximum absolute atomic E-state index is 13.0. The Balaban J connectivity index is 2.24. The Morgan fingerprint density at radius 1 is 1.34 bits per heavy atom. The number of ether oxygens (including phenoxy) is 1. The molecule has 0 bridgehead atoms. The standard InChI is InChI=1S/C17H19ClF3N5O3/c1-16(2,3)29-15(28)26-8-10(24-25-22)7-13(26)14(27)23-9-4-5-12(18)11(6-9)17(19,20)21/h4-6,10,13H,7-8H2,1-3H3,(H,23,27)/t10?,13-/m0/s1. The molecule has 8 nitrogen and oxygen atoms in total. The Hall–Kier alpha value is -2.65. The second-order valence-electron chi connectivity index (χ2n) is 7.42. The number of anilines is 1. The van der Waals surface area contributed by atoms with Gasteiger partial charge in [-0.1, -0.05) is 16.7 Å². The van der Waals surface area contributed by atoms with Crippen molar-refractivity contribution in [3.05, 3.63) is 39.2 Å². The van der Waals surface area contributed by atoms with Crippen LogP contribution in [-0.2, 0) is 15.7 Å². The van der Waals surface area contributed by atoms with Crippen molar-refractivity contribution in [2.45, 2.75) is 51.1 Å². The third kappa shape index (κ3) is 5.91. The van der Waals surface area contributed by atoms with E-state index in [0.29, 0.717) is 6.07 Å². The second-order valence-corrected chi connectivity index (χ2v) is 7.83. The molecule has 0 saturated carbocycles. The smallest absolute Gasteiger partial charge is 0.417 e. The Morgan fingerprint density at radius 3 is 2.55 bits per heavy atom. The Kier molecular flexibility index (Phi) is 6.54. The summed E-state index contributed by atoms with van der Waals surface area (Å²) in [5, 5.41) is 5.38. The first kappa shape index (κ1) is 22.6. The molecule has 1 aromatic carbocycles. The minimum absolute atomic E-state index is 0.00878. The minimum Gasteiger partial charge on any atom is -0.444 e. The van der Waals surface area contributed by atoms with E-state index in [0.717, 1.165) is 11.0 Å². The van der Waals surface area contributed by atoms with E-state index >= 15 is 0 Å². The molecule has 1 aliphatic rings. The number of rotatable bonds is 3. The van der Waals surface area contributed by atoms with Crippen LogP contribution in [0.5, 0.6) is 0 Å². The van der Waals surface area contributed by atoms with E-state index in [9.17, 15) is 22.8 Å². The summed E-state index contributed by atoms with van der Waals surface area (Å²) < 4.78 is 44.3. The molecular formula is C17H19ClF3N5O3. The third-order valence-corrected chi connectivity index (χ3v) is 4.29. The number of amides is 2. The number of likely N-dealkylation sites (tertiary alicyclic amines) is 1. The average Bonchev–Trinajstić information content (AvgIpc) is 2.99. The van der Waals surface area contributed by atoms with E-state index in [1.807, 2.05) is 0 Å². The highest BCUT2D eigenvalue weighted by atomic mass is 35.5. The average molecular weight is 434 g/mol. The molecule has 1 N–H and O–H groups in total. The molecule has 2 amide bonds. The van der Waals surface area contributed by atoms with Crippen LogP contribution < -0.4 is 5.32 Å². The van der Waals surface area contributed by atoms with Gasteiger partial charge in [-0.25, -0.2) is 4.79 Å². The van der Waals surface area contributed by atoms with E-state index in [4.69, 9.17) is 21.9 Å². The predicted octanol–water partition coefficient (Wildman–Crippen LogP) is 4.99. The molecule has 1 heterocycles. The summed E-state index contributed by atoms with van der Waals surface area (Å²) in [4.78, 5) is 28.9. The minimum atomic E-state index is -4.69. The number of hydrogen-bond donors (Lipinski definition) is 1. The first-order valence-corrected chi connectivity index (χ1v) is 8.91. The molecule has 29 heavy (non-hydrogen) atoms. The fourth-order valence-corrected chi connectivity index (χ4v) is 3.01. The monoisotopic (exact) mass is 433 g/mol. The second kappa shape index (κ2) is 8.38. The summed E-state index contributed by atoms with van der Waals surface area (Å²) in [6.07, 6.45) is -5.48. The van der Waals surface area contributed by atoms with Gasteiger partial charge >= 0.3 is 12.3 Å². The highest BCUT2D eigenvalue weighted by Gasteiger charge is 2.41. The van der Waals surface area contributed by atoms with Crippen LogP contribution in [0.25, 0.3) is 10.4 Å². The van der Waals surface area contributed by atoms with Crippen LogP contribution in [-0.4, -0.2) is 41.1 Å². The van der Waals surface area contributed by atoms with Gasteiger partial charge in [-0.2, -0.15) is 13.2 Å². The summed E-state index contributed by atoms with van der Waals surface area (Å²) >= 11 is 5.58. The molecule has 2 rings (SSSR count). The van der Waals surface area contributed by atoms with Gasteiger partial charge in [-0.15, -0.1) is 0 Å². The summed E-state index contributed by atoms with van der Waals surface area (Å²) in [7, 11) is 0. The maximum atomic E-state index is 13.0. The van der Waals surface area contributed by atoms with Gasteiger partial charge in [0.05, 0.1) is 16.6 Å². The van der Waals surface area contributed by atoms with E-state index in [1.165, 1.54) is 6.07 Å². The summed E-state index contributed by atoms with van der Waals surface area (Å²) in [6, 6.07) is 1.19. The number of nitrogens with zero attached hydrogens (tertiary/aromatic N) is 4. The maximum Gasteiger partial charge on any atom is 0.417 e. The molecule has 1 unspecified atom stereocenters. The number of halogens is 4. The van der Waals surface area contributed by atoms with Crippen molar-refractivity contribution in [3.63, 3.8) is 0 Å². The van der Waals surface area contributed by atoms with Crippen LogP contribution in [0.2, 0.25) is 5.02 Å². The normalized spacial score (nSPS) is 19.5. The first-order chi connectivity index (χ1) is 13.3. The fourth-order valence-electron chi connectivity index (χ4n) is 2.79. The number of carbonyl (C=O) groups is 2. The lowest BCUT2D eigenvalue weighted by Gasteiger charge is -2.28. The largest absolute Gasteiger partial charge is 0.444 e. The van der Waals surface area contributed by atoms with E-state index < -0.39 is 46.4 Å². The zero-order valence-electron chi connectivity index (χ0n) is 15.8. The zero-order chi connectivity index (χ0) is 22.0. The molecule has 2 atom stereocenters. The highest BCUT2D eigenvalue weighted by molar-refractivity contribution is 6.31. The van der Waals surface area contributed by atoms with E-state index in [1.54, 1.807) is 20.8 Å². The molecule has 0 aromatic heterocycles. The van der Waals surface area contributed by atoms with Gasteiger partial charge in [0.15, 0.2) is 0 Å². The van der Waals surface area contributed by atoms with Gasteiger partial charge < -0.3 is 10.1 Å². The molecule has 0 spiro atoms. The van der Waals surface area contributed by atoms with Gasteiger partial charge in [0.2, 0.25) is 5.91 Å². The van der Waals surface area contributed by atoms with E-state index in [2.05, 4.69) is 15.3 Å². The number of alkyl halides is 3. The third-order valence-electron chi connectivity index (χ3n) is 3.96. The number of carbonyl (C=O) groups excluding carboxylic acids is 2. The number of nitrogens with one attached hydrogen (secondary N) is 1. The van der Waals surface area contributed by atoms with Crippen LogP contribution in [0.3, 0.4) is 0 Å². The quantitative estimate of drug-likeness (QED) is 0.412. The van der Waals surface area contributed by atoms with Gasteiger partial charge in [0.1, 0.15) is 11.6 Å². The molecule has 1 fully saturated rings. The van der Waals surface area contributed by atoms with Crippen LogP contribution in [0.15, 0.2) is 23.3 Å². The number of benzene rings is 1. The van der Waals surface area contributed by atoms with Crippen molar-refractivity contribution in [1.82, 2.24) is 4.90 Å². The Morgan fingerprint density at radius 2 is 2.00 bits per heavy atom. The summed E-state index contributed by atoms with van der Waals surface area (Å²) in [6.45, 7) is 4.89. The van der Waals surface area contributed by atoms with Crippen molar-refractivity contribution >= 4 is 29.3 Å². The van der Waals surface area contributed by atoms with Crippen molar-refractivity contribution in [1.29, 1.82) is 0 Å². The fraction of sp³-hybridized carbons (Fsp3) is 0.529. The van der Waals surface area contributed by atoms with Crippen LogP contribution in [0.1, 0.15) is 32.8 Å². The summed E-state index contributed by atoms with van der Waals surface area (Å²) in [5.74, 6) is -0.734. The lowest BCUT2D eigenvalue weighted by atomic mass is 10.1. The number of azide groups is 1. The van der Waals surface area contributed by atoms with Crippen molar-refractivity contribution in [2.75, 3.05) is 11.9 Å². The molecule has 1 saturated heterocycles. The van der Waals surface area contributed by atoms with Gasteiger partial charge in [0, 0.05) is 17.1 Å². The van der Waals surface area contributed by atoms with Gasteiger partial charge in [-0.3, -0.25) is 9.69 Å². The van der Waals surface area contributed by atoms with Crippen LogP contribution in [0, 0.1) is 0 Å². The van der Waals surface area contributed by atoms with Gasteiger partial charge in [0.25, 0.3) is 0 Å². The molecule has 12 heteroatoms. The lowest BCUT2D eigenvalue weighted by Crippen LogP contribution is -2.45. The lowest BCUT2D eigenvalue weighted by molar-refractivity contribution is -0.137. The van der Waals surface area contributed by atoms with Crippen molar-refractivity contribution in [3.8, 4) is 0 Å². The van der Waals surface area contributed by atoms with Gasteiger partial charge in [-0.05, 0) is 50.9 Å². The van der Waals surface area contributed by atoms with E-state index in [-0.39, 0.29) is 18.7 Å². The van der Waals surface area contributed by atoms with Crippen molar-refractivity contribution in [2.24, 2.45) is 5.11 Å². The number of hydrogen-bond acceptors (Lipinski definition) is 4. The summed E-state index contributed by atoms with van der Waals surface area (Å²) in [5.41, 5.74) is 6.57. The topological polar surface area (TPSA) is 107 Å².